The molecule has 0 spiro atoms. The van der Waals surface area contributed by atoms with E-state index in [0.717, 1.165) is 38.0 Å². The van der Waals surface area contributed by atoms with Crippen molar-refractivity contribution < 1.29 is 9.53 Å². The molecule has 5 heteroatoms. The van der Waals surface area contributed by atoms with Gasteiger partial charge in [-0.1, -0.05) is 31.7 Å². The van der Waals surface area contributed by atoms with Gasteiger partial charge in [0.25, 0.3) is 0 Å². The summed E-state index contributed by atoms with van der Waals surface area (Å²) < 4.78 is 5.74. The van der Waals surface area contributed by atoms with Gasteiger partial charge in [0.2, 0.25) is 0 Å². The Balaban J connectivity index is 1.83. The van der Waals surface area contributed by atoms with Crippen molar-refractivity contribution in [3.05, 3.63) is 23.9 Å². The summed E-state index contributed by atoms with van der Waals surface area (Å²) >= 11 is 0. The van der Waals surface area contributed by atoms with Crippen molar-refractivity contribution in [3.63, 3.8) is 0 Å². The van der Waals surface area contributed by atoms with Crippen molar-refractivity contribution in [2.75, 3.05) is 11.4 Å². The van der Waals surface area contributed by atoms with E-state index in [0.29, 0.717) is 12.1 Å². The molecule has 1 aliphatic carbocycles. The average molecular weight is 402 g/mol. The number of hydrogen-bond acceptors (Lipinski definition) is 4. The first kappa shape index (κ1) is 22.1. The molecular weight excluding hydrogens is 362 g/mol. The molecular formula is C24H39N3O2. The van der Waals surface area contributed by atoms with Crippen LogP contribution in [0.3, 0.4) is 0 Å². The second-order valence-electron chi connectivity index (χ2n) is 9.94. The summed E-state index contributed by atoms with van der Waals surface area (Å²) in [5.41, 5.74) is 0.749. The van der Waals surface area contributed by atoms with Gasteiger partial charge in [0, 0.05) is 24.3 Å². The van der Waals surface area contributed by atoms with Gasteiger partial charge in [-0.05, 0) is 78.5 Å². The lowest BCUT2D eigenvalue weighted by Gasteiger charge is -2.39. The summed E-state index contributed by atoms with van der Waals surface area (Å²) in [5, 5.41) is 0. The van der Waals surface area contributed by atoms with E-state index in [-0.39, 0.29) is 12.1 Å². The highest BCUT2D eigenvalue weighted by Crippen LogP contribution is 2.34. The SMILES string of the molecule is CC(C)N1CCCCC1c1ccc(N(C(=O)OC(C)(C)C)C2CCCCC2)nc1. The summed E-state index contributed by atoms with van der Waals surface area (Å²) in [6.45, 7) is 11.5. The van der Waals surface area contributed by atoms with Crippen LogP contribution in [0, 0.1) is 0 Å². The summed E-state index contributed by atoms with van der Waals surface area (Å²) in [6, 6.07) is 5.34. The summed E-state index contributed by atoms with van der Waals surface area (Å²) in [7, 11) is 0. The predicted molar refractivity (Wildman–Crippen MR) is 118 cm³/mol. The van der Waals surface area contributed by atoms with Gasteiger partial charge in [-0.2, -0.15) is 0 Å². The number of likely N-dealkylation sites (tertiary alicyclic amines) is 1. The van der Waals surface area contributed by atoms with Crippen molar-refractivity contribution in [1.29, 1.82) is 0 Å². The number of nitrogens with zero attached hydrogens (tertiary/aromatic N) is 3. The van der Waals surface area contributed by atoms with E-state index in [2.05, 4.69) is 24.8 Å². The third-order valence-electron chi connectivity index (χ3n) is 6.14. The van der Waals surface area contributed by atoms with Crippen LogP contribution in [0.25, 0.3) is 0 Å². The molecule has 1 aromatic heterocycles. The first-order chi connectivity index (χ1) is 13.8. The lowest BCUT2D eigenvalue weighted by Crippen LogP contribution is -2.45. The van der Waals surface area contributed by atoms with Gasteiger partial charge in [0.1, 0.15) is 11.4 Å². The maximum absolute atomic E-state index is 13.0. The molecule has 1 saturated carbocycles. The zero-order valence-corrected chi connectivity index (χ0v) is 19.0. The van der Waals surface area contributed by atoms with Gasteiger partial charge < -0.3 is 4.74 Å². The topological polar surface area (TPSA) is 45.7 Å². The fourth-order valence-corrected chi connectivity index (χ4v) is 4.75. The number of ether oxygens (including phenoxy) is 1. The molecule has 1 amide bonds. The Morgan fingerprint density at radius 2 is 1.79 bits per heavy atom. The molecule has 2 heterocycles. The first-order valence-corrected chi connectivity index (χ1v) is 11.5. The minimum atomic E-state index is -0.510. The summed E-state index contributed by atoms with van der Waals surface area (Å²) in [5.74, 6) is 0.724. The van der Waals surface area contributed by atoms with Crippen molar-refractivity contribution in [2.45, 2.75) is 110 Å². The second kappa shape index (κ2) is 9.46. The molecule has 29 heavy (non-hydrogen) atoms. The molecule has 1 aromatic rings. The molecule has 2 aliphatic rings. The molecule has 2 fully saturated rings. The number of carbonyl (C=O) groups is 1. The third kappa shape index (κ3) is 5.71. The standard InChI is InChI=1S/C24H39N3O2/c1-18(2)26-16-10-9-13-21(26)19-14-15-22(25-17-19)27(20-11-7-6-8-12-20)23(28)29-24(3,4)5/h14-15,17-18,20-21H,6-13,16H2,1-5H3. The molecule has 3 rings (SSSR count). The van der Waals surface area contributed by atoms with E-state index in [9.17, 15) is 4.79 Å². The molecule has 1 atom stereocenters. The number of hydrogen-bond donors (Lipinski definition) is 0. The van der Waals surface area contributed by atoms with E-state index in [4.69, 9.17) is 9.72 Å². The van der Waals surface area contributed by atoms with Crippen LogP contribution < -0.4 is 4.90 Å². The quantitative estimate of drug-likeness (QED) is 0.612. The van der Waals surface area contributed by atoms with Gasteiger partial charge in [-0.3, -0.25) is 9.80 Å². The zero-order chi connectivity index (χ0) is 21.0. The van der Waals surface area contributed by atoms with Crippen LogP contribution >= 0.6 is 0 Å². The van der Waals surface area contributed by atoms with Crippen molar-refractivity contribution in [3.8, 4) is 0 Å². The van der Waals surface area contributed by atoms with Crippen molar-refractivity contribution in [1.82, 2.24) is 9.88 Å². The van der Waals surface area contributed by atoms with E-state index in [1.807, 2.05) is 37.9 Å². The number of pyridine rings is 1. The molecule has 0 N–H and O–H groups in total. The summed E-state index contributed by atoms with van der Waals surface area (Å²) in [6.07, 6.45) is 11.0. The zero-order valence-electron chi connectivity index (χ0n) is 19.0. The summed E-state index contributed by atoms with van der Waals surface area (Å²) in [4.78, 5) is 22.2. The Hall–Kier alpha value is -1.62. The van der Waals surface area contributed by atoms with Crippen LogP contribution in [0.1, 0.15) is 97.6 Å². The van der Waals surface area contributed by atoms with E-state index in [1.54, 1.807) is 0 Å². The molecule has 162 valence electrons. The molecule has 1 aliphatic heterocycles. The maximum atomic E-state index is 13.0. The van der Waals surface area contributed by atoms with Crippen LogP contribution in [0.5, 0.6) is 0 Å². The highest BCUT2D eigenvalue weighted by molar-refractivity contribution is 5.87. The Morgan fingerprint density at radius 3 is 2.38 bits per heavy atom. The van der Waals surface area contributed by atoms with Gasteiger partial charge in [0.15, 0.2) is 0 Å². The van der Waals surface area contributed by atoms with Gasteiger partial charge in [-0.15, -0.1) is 0 Å². The fraction of sp³-hybridized carbons (Fsp3) is 0.750. The Bertz CT molecular complexity index is 660. The predicted octanol–water partition coefficient (Wildman–Crippen LogP) is 6.09. The number of piperidine rings is 1. The van der Waals surface area contributed by atoms with Crippen molar-refractivity contribution in [2.24, 2.45) is 0 Å². The fourth-order valence-electron chi connectivity index (χ4n) is 4.75. The van der Waals surface area contributed by atoms with E-state index in [1.165, 1.54) is 31.2 Å². The minimum Gasteiger partial charge on any atom is -0.443 e. The normalized spacial score (nSPS) is 21.9. The highest BCUT2D eigenvalue weighted by Gasteiger charge is 2.32. The Kier molecular flexibility index (Phi) is 7.20. The Morgan fingerprint density at radius 1 is 1.10 bits per heavy atom. The number of carbonyl (C=O) groups excluding carboxylic acids is 1. The number of aromatic nitrogens is 1. The van der Waals surface area contributed by atoms with Gasteiger partial charge >= 0.3 is 6.09 Å². The van der Waals surface area contributed by atoms with Crippen LogP contribution in [0.2, 0.25) is 0 Å². The molecule has 5 nitrogen and oxygen atoms in total. The third-order valence-corrected chi connectivity index (χ3v) is 6.14. The lowest BCUT2D eigenvalue weighted by atomic mass is 9.94. The van der Waals surface area contributed by atoms with E-state index >= 15 is 0 Å². The second-order valence-corrected chi connectivity index (χ2v) is 9.94. The number of amides is 1. The number of rotatable bonds is 4. The Labute approximate surface area is 176 Å². The largest absolute Gasteiger partial charge is 0.443 e. The van der Waals surface area contributed by atoms with Crippen LogP contribution in [-0.2, 0) is 4.74 Å². The molecule has 1 saturated heterocycles. The monoisotopic (exact) mass is 401 g/mol. The molecule has 1 unspecified atom stereocenters. The highest BCUT2D eigenvalue weighted by atomic mass is 16.6. The maximum Gasteiger partial charge on any atom is 0.416 e. The lowest BCUT2D eigenvalue weighted by molar-refractivity contribution is 0.0556. The van der Waals surface area contributed by atoms with Crippen molar-refractivity contribution >= 4 is 11.9 Å². The van der Waals surface area contributed by atoms with Gasteiger partial charge in [-0.25, -0.2) is 9.78 Å². The van der Waals surface area contributed by atoms with E-state index < -0.39 is 5.60 Å². The van der Waals surface area contributed by atoms with Crippen LogP contribution in [0.15, 0.2) is 18.3 Å². The molecule has 0 bridgehead atoms. The molecule has 0 radical (unpaired) electrons. The smallest absolute Gasteiger partial charge is 0.416 e. The molecule has 0 aromatic carbocycles. The van der Waals surface area contributed by atoms with Crippen LogP contribution in [-0.4, -0.2) is 40.2 Å². The van der Waals surface area contributed by atoms with Crippen LogP contribution in [0.4, 0.5) is 10.6 Å². The first-order valence-electron chi connectivity index (χ1n) is 11.5. The minimum absolute atomic E-state index is 0.179. The average Bonchev–Trinajstić information content (AvgIpc) is 2.68. The van der Waals surface area contributed by atoms with Gasteiger partial charge in [0.05, 0.1) is 0 Å². The number of anilines is 1.